The van der Waals surface area contributed by atoms with Gasteiger partial charge in [0.25, 0.3) is 0 Å². The summed E-state index contributed by atoms with van der Waals surface area (Å²) in [6.07, 6.45) is 5.46. The Labute approximate surface area is 108 Å². The van der Waals surface area contributed by atoms with E-state index in [1.54, 1.807) is 0 Å². The molecular weight excluding hydrogens is 230 g/mol. The van der Waals surface area contributed by atoms with Crippen LogP contribution in [0.15, 0.2) is 29.2 Å². The molecule has 17 heavy (non-hydrogen) atoms. The second-order valence-corrected chi connectivity index (χ2v) is 5.99. The van der Waals surface area contributed by atoms with E-state index in [9.17, 15) is 0 Å². The first kappa shape index (κ1) is 12.9. The van der Waals surface area contributed by atoms with Crippen molar-refractivity contribution in [3.8, 4) is 0 Å². The minimum Gasteiger partial charge on any atom is -0.381 e. The molecule has 1 aromatic carbocycles. The quantitative estimate of drug-likeness (QED) is 0.892. The van der Waals surface area contributed by atoms with Crippen LogP contribution in [-0.4, -0.2) is 18.5 Å². The molecule has 1 saturated carbocycles. The Morgan fingerprint density at radius 2 is 2.06 bits per heavy atom. The highest BCUT2D eigenvalue weighted by Gasteiger charge is 2.22. The Bertz CT molecular complexity index is 339. The third-order valence-corrected chi connectivity index (χ3v) is 4.68. The fourth-order valence-electron chi connectivity index (χ4n) is 2.32. The van der Waals surface area contributed by atoms with Crippen molar-refractivity contribution in [1.29, 1.82) is 0 Å². The van der Waals surface area contributed by atoms with Crippen LogP contribution in [0.3, 0.4) is 0 Å². The molecule has 0 saturated heterocycles. The van der Waals surface area contributed by atoms with Gasteiger partial charge in [-0.15, -0.1) is 11.8 Å². The van der Waals surface area contributed by atoms with E-state index in [1.807, 2.05) is 18.9 Å². The molecule has 1 fully saturated rings. The molecule has 0 spiro atoms. The highest BCUT2D eigenvalue weighted by molar-refractivity contribution is 8.00. The highest BCUT2D eigenvalue weighted by atomic mass is 32.2. The van der Waals surface area contributed by atoms with Crippen LogP contribution in [0.2, 0.25) is 0 Å². The smallest absolute Gasteiger partial charge is 0.0582 e. The van der Waals surface area contributed by atoms with Gasteiger partial charge in [0.2, 0.25) is 0 Å². The molecule has 3 heteroatoms. The van der Waals surface area contributed by atoms with Crippen LogP contribution >= 0.6 is 11.8 Å². The van der Waals surface area contributed by atoms with Crippen LogP contribution in [0.1, 0.15) is 31.2 Å². The van der Waals surface area contributed by atoms with Crippen LogP contribution in [0.5, 0.6) is 0 Å². The summed E-state index contributed by atoms with van der Waals surface area (Å²) in [5.41, 5.74) is 6.80. The third kappa shape index (κ3) is 3.73. The fraction of sp³-hybridized carbons (Fsp3) is 0.571. The van der Waals surface area contributed by atoms with Crippen LogP contribution in [0.4, 0.5) is 0 Å². The van der Waals surface area contributed by atoms with Crippen LogP contribution in [-0.2, 0) is 11.3 Å². The van der Waals surface area contributed by atoms with Crippen molar-refractivity contribution in [3.05, 3.63) is 29.8 Å². The number of benzene rings is 1. The van der Waals surface area contributed by atoms with E-state index < -0.39 is 0 Å². The van der Waals surface area contributed by atoms with Crippen molar-refractivity contribution >= 4 is 11.8 Å². The maximum Gasteiger partial charge on any atom is 0.0582 e. The van der Waals surface area contributed by atoms with Gasteiger partial charge in [-0.2, -0.15) is 0 Å². The van der Waals surface area contributed by atoms with E-state index in [0.717, 1.165) is 0 Å². The van der Waals surface area contributed by atoms with Crippen LogP contribution < -0.4 is 5.73 Å². The number of nitrogens with two attached hydrogens (primary N) is 1. The maximum atomic E-state index is 5.60. The SMILES string of the molecule is COC1CCCC(Sc2ccc(CN)cc2)C1. The molecule has 2 rings (SSSR count). The molecule has 0 aliphatic heterocycles. The predicted octanol–water partition coefficient (Wildman–Crippen LogP) is 3.20. The van der Waals surface area contributed by atoms with Crippen molar-refractivity contribution in [2.24, 2.45) is 5.73 Å². The Morgan fingerprint density at radius 1 is 1.29 bits per heavy atom. The minimum atomic E-state index is 0.463. The summed E-state index contributed by atoms with van der Waals surface area (Å²) in [4.78, 5) is 1.35. The first-order valence-corrected chi connectivity index (χ1v) is 7.18. The second kappa shape index (κ2) is 6.43. The van der Waals surface area contributed by atoms with Gasteiger partial charge in [0.15, 0.2) is 0 Å². The number of methoxy groups -OCH3 is 1. The van der Waals surface area contributed by atoms with Crippen molar-refractivity contribution in [3.63, 3.8) is 0 Å². The molecule has 2 atom stereocenters. The molecule has 0 radical (unpaired) electrons. The molecule has 1 aliphatic carbocycles. The van der Waals surface area contributed by atoms with Gasteiger partial charge in [-0.25, -0.2) is 0 Å². The predicted molar refractivity (Wildman–Crippen MR) is 73.2 cm³/mol. The monoisotopic (exact) mass is 251 g/mol. The molecule has 0 bridgehead atoms. The number of rotatable bonds is 4. The van der Waals surface area contributed by atoms with E-state index >= 15 is 0 Å². The number of thioether (sulfide) groups is 1. The summed E-state index contributed by atoms with van der Waals surface area (Å²) in [7, 11) is 1.83. The van der Waals surface area contributed by atoms with E-state index in [0.29, 0.717) is 17.9 Å². The molecule has 1 aliphatic rings. The third-order valence-electron chi connectivity index (χ3n) is 3.37. The number of hydrogen-bond donors (Lipinski definition) is 1. The lowest BCUT2D eigenvalue weighted by Crippen LogP contribution is -2.23. The van der Waals surface area contributed by atoms with Gasteiger partial charge in [0, 0.05) is 23.8 Å². The largest absolute Gasteiger partial charge is 0.381 e. The second-order valence-electron chi connectivity index (χ2n) is 4.61. The molecule has 0 amide bonds. The zero-order valence-corrected chi connectivity index (χ0v) is 11.2. The van der Waals surface area contributed by atoms with Gasteiger partial charge in [-0.3, -0.25) is 0 Å². The number of hydrogen-bond acceptors (Lipinski definition) is 3. The van der Waals surface area contributed by atoms with Crippen molar-refractivity contribution in [1.82, 2.24) is 0 Å². The van der Waals surface area contributed by atoms with Gasteiger partial charge in [-0.1, -0.05) is 12.1 Å². The Kier molecular flexibility index (Phi) is 4.89. The summed E-state index contributed by atoms with van der Waals surface area (Å²) >= 11 is 1.98. The molecular formula is C14H21NOS. The fourth-order valence-corrected chi connectivity index (χ4v) is 3.59. The number of ether oxygens (including phenoxy) is 1. The van der Waals surface area contributed by atoms with Crippen molar-refractivity contribution < 1.29 is 4.74 Å². The summed E-state index contributed by atoms with van der Waals surface area (Å²) in [5, 5.41) is 0.706. The van der Waals surface area contributed by atoms with Crippen molar-refractivity contribution in [2.45, 2.75) is 48.5 Å². The molecule has 2 unspecified atom stereocenters. The first-order chi connectivity index (χ1) is 8.31. The van der Waals surface area contributed by atoms with Gasteiger partial charge in [0.05, 0.1) is 6.10 Å². The standard InChI is InChI=1S/C14H21NOS/c1-16-12-3-2-4-14(9-12)17-13-7-5-11(10-15)6-8-13/h5-8,12,14H,2-4,9-10,15H2,1H3. The zero-order chi connectivity index (χ0) is 12.1. The topological polar surface area (TPSA) is 35.2 Å². The van der Waals surface area contributed by atoms with E-state index in [4.69, 9.17) is 10.5 Å². The summed E-state index contributed by atoms with van der Waals surface area (Å²) in [6.45, 7) is 0.625. The molecule has 0 heterocycles. The lowest BCUT2D eigenvalue weighted by molar-refractivity contribution is 0.0730. The minimum absolute atomic E-state index is 0.463. The van der Waals surface area contributed by atoms with Crippen LogP contribution in [0.25, 0.3) is 0 Å². The average Bonchev–Trinajstić information content (AvgIpc) is 2.40. The summed E-state index contributed by atoms with van der Waals surface area (Å²) < 4.78 is 5.47. The van der Waals surface area contributed by atoms with Gasteiger partial charge in [-0.05, 0) is 43.4 Å². The molecule has 2 nitrogen and oxygen atoms in total. The Hall–Kier alpha value is -0.510. The molecule has 0 aromatic heterocycles. The van der Waals surface area contributed by atoms with Gasteiger partial charge >= 0.3 is 0 Å². The lowest BCUT2D eigenvalue weighted by Gasteiger charge is -2.27. The first-order valence-electron chi connectivity index (χ1n) is 6.30. The van der Waals surface area contributed by atoms with E-state index in [-0.39, 0.29) is 0 Å². The Balaban J connectivity index is 1.90. The van der Waals surface area contributed by atoms with E-state index in [1.165, 1.54) is 36.1 Å². The van der Waals surface area contributed by atoms with Crippen LogP contribution in [0, 0.1) is 0 Å². The lowest BCUT2D eigenvalue weighted by atomic mass is 9.97. The highest BCUT2D eigenvalue weighted by Crippen LogP contribution is 2.34. The molecule has 94 valence electrons. The average molecular weight is 251 g/mol. The maximum absolute atomic E-state index is 5.60. The molecule has 2 N–H and O–H groups in total. The summed E-state index contributed by atoms with van der Waals surface area (Å²) in [5.74, 6) is 0. The Morgan fingerprint density at radius 3 is 2.71 bits per heavy atom. The van der Waals surface area contributed by atoms with E-state index in [2.05, 4.69) is 24.3 Å². The van der Waals surface area contributed by atoms with Crippen molar-refractivity contribution in [2.75, 3.05) is 7.11 Å². The molecule has 1 aromatic rings. The van der Waals surface area contributed by atoms with Gasteiger partial charge < -0.3 is 10.5 Å². The summed E-state index contributed by atoms with van der Waals surface area (Å²) in [6, 6.07) is 8.62. The zero-order valence-electron chi connectivity index (χ0n) is 10.4. The normalized spacial score (nSPS) is 24.8. The van der Waals surface area contributed by atoms with Gasteiger partial charge in [0.1, 0.15) is 0 Å².